The molecule has 1 aliphatic heterocycles. The highest BCUT2D eigenvalue weighted by Gasteiger charge is 2.29. The van der Waals surface area contributed by atoms with Crippen LogP contribution in [-0.4, -0.2) is 45.1 Å². The van der Waals surface area contributed by atoms with Gasteiger partial charge in [-0.05, 0) is 35.7 Å². The lowest BCUT2D eigenvalue weighted by atomic mass is 10.0. The average molecular weight is 521 g/mol. The molecule has 0 atom stereocenters. The van der Waals surface area contributed by atoms with Crippen LogP contribution < -0.4 is 5.32 Å². The molecule has 0 saturated carbocycles. The van der Waals surface area contributed by atoms with Gasteiger partial charge in [0.2, 0.25) is 0 Å². The van der Waals surface area contributed by atoms with Crippen molar-refractivity contribution in [2.75, 3.05) is 25.2 Å². The number of sulfone groups is 1. The van der Waals surface area contributed by atoms with Crippen LogP contribution >= 0.6 is 23.7 Å². The number of hydrogen-bond donors (Lipinski definition) is 1. The van der Waals surface area contributed by atoms with E-state index in [2.05, 4.69) is 22.3 Å². The molecule has 34 heavy (non-hydrogen) atoms. The highest BCUT2D eigenvalue weighted by atomic mass is 35.5. The Labute approximate surface area is 209 Å². The van der Waals surface area contributed by atoms with E-state index in [1.54, 1.807) is 0 Å². The maximum Gasteiger partial charge on any atom is 0.341 e. The molecule has 1 aliphatic rings. The smallest absolute Gasteiger partial charge is 0.341 e. The Morgan fingerprint density at radius 2 is 1.85 bits per heavy atom. The van der Waals surface area contributed by atoms with Crippen molar-refractivity contribution in [2.24, 2.45) is 0 Å². The SMILES string of the molecule is COC(=O)c1c(NC(=O)c2cccc(S(C)(=O)=O)c2)sc2c1CCN(Cc1ccccc1)C2.Cl. The molecule has 1 aromatic heterocycles. The Balaban J connectivity index is 0.00000324. The molecule has 0 spiro atoms. The summed E-state index contributed by atoms with van der Waals surface area (Å²) in [6.45, 7) is 2.25. The van der Waals surface area contributed by atoms with Crippen molar-refractivity contribution in [2.45, 2.75) is 24.4 Å². The van der Waals surface area contributed by atoms with E-state index >= 15 is 0 Å². The predicted molar refractivity (Wildman–Crippen MR) is 135 cm³/mol. The molecule has 0 aliphatic carbocycles. The Hall–Kier alpha value is -2.72. The zero-order chi connectivity index (χ0) is 23.6. The van der Waals surface area contributed by atoms with E-state index in [1.165, 1.54) is 48.3 Å². The summed E-state index contributed by atoms with van der Waals surface area (Å²) in [6.07, 6.45) is 1.76. The molecule has 0 saturated heterocycles. The quantitative estimate of drug-likeness (QED) is 0.490. The molecule has 2 heterocycles. The number of nitrogens with zero attached hydrogens (tertiary/aromatic N) is 1. The van der Waals surface area contributed by atoms with E-state index < -0.39 is 21.7 Å². The van der Waals surface area contributed by atoms with Gasteiger partial charge in [0.05, 0.1) is 17.6 Å². The van der Waals surface area contributed by atoms with Crippen LogP contribution in [0.25, 0.3) is 0 Å². The number of fused-ring (bicyclic) bond motifs is 1. The monoisotopic (exact) mass is 520 g/mol. The second kappa shape index (κ2) is 10.7. The van der Waals surface area contributed by atoms with Gasteiger partial charge in [-0.2, -0.15) is 0 Å². The summed E-state index contributed by atoms with van der Waals surface area (Å²) in [4.78, 5) is 28.9. The van der Waals surface area contributed by atoms with Gasteiger partial charge < -0.3 is 10.1 Å². The Morgan fingerprint density at radius 1 is 1.12 bits per heavy atom. The molecule has 0 unspecified atom stereocenters. The number of carbonyl (C=O) groups is 2. The lowest BCUT2D eigenvalue weighted by Crippen LogP contribution is -2.29. The molecule has 180 valence electrons. The molecule has 0 fully saturated rings. The average Bonchev–Trinajstić information content (AvgIpc) is 3.15. The van der Waals surface area contributed by atoms with Crippen LogP contribution in [-0.2, 0) is 34.1 Å². The summed E-state index contributed by atoms with van der Waals surface area (Å²) in [5, 5.41) is 3.23. The topological polar surface area (TPSA) is 92.8 Å². The summed E-state index contributed by atoms with van der Waals surface area (Å²) in [6, 6.07) is 16.0. The van der Waals surface area contributed by atoms with E-state index in [4.69, 9.17) is 4.74 Å². The van der Waals surface area contributed by atoms with Gasteiger partial charge in [0.1, 0.15) is 5.00 Å². The fourth-order valence-electron chi connectivity index (χ4n) is 3.88. The first-order valence-electron chi connectivity index (χ1n) is 10.4. The van der Waals surface area contributed by atoms with Crippen molar-refractivity contribution in [3.8, 4) is 0 Å². The Kier molecular flexibility index (Phi) is 8.14. The van der Waals surface area contributed by atoms with Gasteiger partial charge in [-0.15, -0.1) is 23.7 Å². The van der Waals surface area contributed by atoms with Gasteiger partial charge in [-0.1, -0.05) is 36.4 Å². The number of anilines is 1. The number of thiophene rings is 1. The number of methoxy groups -OCH3 is 1. The van der Waals surface area contributed by atoms with Crippen molar-refractivity contribution in [3.05, 3.63) is 81.7 Å². The van der Waals surface area contributed by atoms with Crippen molar-refractivity contribution < 1.29 is 22.7 Å². The van der Waals surface area contributed by atoms with Crippen LogP contribution in [0.5, 0.6) is 0 Å². The number of benzene rings is 2. The predicted octanol–water partition coefficient (Wildman–Crippen LogP) is 4.17. The van der Waals surface area contributed by atoms with E-state index in [9.17, 15) is 18.0 Å². The molecule has 0 bridgehead atoms. The fourth-order valence-corrected chi connectivity index (χ4v) is 5.82. The highest BCUT2D eigenvalue weighted by molar-refractivity contribution is 7.90. The normalized spacial score (nSPS) is 13.5. The van der Waals surface area contributed by atoms with Crippen molar-refractivity contribution >= 4 is 50.5 Å². The van der Waals surface area contributed by atoms with Crippen LogP contribution in [0, 0.1) is 0 Å². The number of nitrogens with one attached hydrogen (secondary N) is 1. The molecule has 4 rings (SSSR count). The van der Waals surface area contributed by atoms with Gasteiger partial charge in [0, 0.05) is 36.3 Å². The molecule has 0 radical (unpaired) electrons. The molecular weight excluding hydrogens is 496 g/mol. The summed E-state index contributed by atoms with van der Waals surface area (Å²) in [5.74, 6) is -0.977. The van der Waals surface area contributed by atoms with E-state index in [0.717, 1.165) is 29.8 Å². The molecule has 7 nitrogen and oxygen atoms in total. The van der Waals surface area contributed by atoms with Gasteiger partial charge in [0.15, 0.2) is 9.84 Å². The molecule has 2 aromatic carbocycles. The molecule has 1 N–H and O–H groups in total. The van der Waals surface area contributed by atoms with Gasteiger partial charge >= 0.3 is 5.97 Å². The van der Waals surface area contributed by atoms with Gasteiger partial charge in [0.25, 0.3) is 5.91 Å². The fraction of sp³-hybridized carbons (Fsp3) is 0.250. The first kappa shape index (κ1) is 25.9. The van der Waals surface area contributed by atoms with Crippen LogP contribution in [0.2, 0.25) is 0 Å². The standard InChI is InChI=1S/C24H24N2O5S2.ClH/c1-31-24(28)21-19-11-12-26(14-16-7-4-3-5-8-16)15-20(19)32-23(21)25-22(27)17-9-6-10-18(13-17)33(2,29)30;/h3-10,13H,11-12,14-15H2,1-2H3,(H,25,27);1H. The van der Waals surface area contributed by atoms with Crippen molar-refractivity contribution in [1.29, 1.82) is 0 Å². The van der Waals surface area contributed by atoms with Crippen LogP contribution in [0.4, 0.5) is 5.00 Å². The largest absolute Gasteiger partial charge is 0.465 e. The number of amides is 1. The molecular formula is C24H25ClN2O5S2. The van der Waals surface area contributed by atoms with Gasteiger partial charge in [-0.25, -0.2) is 13.2 Å². The minimum Gasteiger partial charge on any atom is -0.465 e. The number of rotatable bonds is 6. The lowest BCUT2D eigenvalue weighted by molar-refractivity contribution is 0.0600. The number of carbonyl (C=O) groups excluding carboxylic acids is 2. The maximum atomic E-state index is 12.9. The summed E-state index contributed by atoms with van der Waals surface area (Å²) in [5.41, 5.74) is 2.69. The second-order valence-corrected chi connectivity index (χ2v) is 11.0. The zero-order valence-corrected chi connectivity index (χ0v) is 21.2. The van der Waals surface area contributed by atoms with Crippen molar-refractivity contribution in [1.82, 2.24) is 4.90 Å². The lowest BCUT2D eigenvalue weighted by Gasteiger charge is -2.27. The molecule has 10 heteroatoms. The minimum absolute atomic E-state index is 0. The summed E-state index contributed by atoms with van der Waals surface area (Å²) < 4.78 is 28.7. The first-order chi connectivity index (χ1) is 15.8. The van der Waals surface area contributed by atoms with Crippen LogP contribution in [0.15, 0.2) is 59.5 Å². The minimum atomic E-state index is -3.45. The maximum absolute atomic E-state index is 12.9. The number of hydrogen-bond acceptors (Lipinski definition) is 7. The molecule has 3 aromatic rings. The molecule has 1 amide bonds. The van der Waals surface area contributed by atoms with E-state index in [1.807, 2.05) is 18.2 Å². The Morgan fingerprint density at radius 3 is 2.53 bits per heavy atom. The third-order valence-corrected chi connectivity index (χ3v) is 7.77. The number of ether oxygens (including phenoxy) is 1. The summed E-state index contributed by atoms with van der Waals surface area (Å²) >= 11 is 1.36. The number of esters is 1. The third kappa shape index (κ3) is 5.67. The van der Waals surface area contributed by atoms with Crippen molar-refractivity contribution in [3.63, 3.8) is 0 Å². The van der Waals surface area contributed by atoms with E-state index in [0.29, 0.717) is 23.5 Å². The van der Waals surface area contributed by atoms with Crippen LogP contribution in [0.1, 0.15) is 36.7 Å². The zero-order valence-electron chi connectivity index (χ0n) is 18.7. The van der Waals surface area contributed by atoms with E-state index in [-0.39, 0.29) is 22.9 Å². The third-order valence-electron chi connectivity index (χ3n) is 5.53. The number of halogens is 1. The highest BCUT2D eigenvalue weighted by Crippen LogP contribution is 2.38. The van der Waals surface area contributed by atoms with Crippen LogP contribution in [0.3, 0.4) is 0 Å². The second-order valence-electron chi connectivity index (χ2n) is 7.90. The Bertz CT molecular complexity index is 1310. The first-order valence-corrected chi connectivity index (χ1v) is 13.1. The summed E-state index contributed by atoms with van der Waals surface area (Å²) in [7, 11) is -2.13. The van der Waals surface area contributed by atoms with Gasteiger partial charge in [-0.3, -0.25) is 9.69 Å².